The van der Waals surface area contributed by atoms with E-state index in [0.29, 0.717) is 12.1 Å². The molecule has 0 saturated carbocycles. The number of hydrogen-bond acceptors (Lipinski definition) is 2. The van der Waals surface area contributed by atoms with Gasteiger partial charge in [-0.05, 0) is 40.0 Å². The van der Waals surface area contributed by atoms with Crippen LogP contribution in [-0.4, -0.2) is 35.5 Å². The molecule has 1 rings (SSSR count). The van der Waals surface area contributed by atoms with Crippen molar-refractivity contribution in [2.24, 2.45) is 0 Å². The number of hydrogen-bond donors (Lipinski definition) is 1. The predicted octanol–water partition coefficient (Wildman–Crippen LogP) is 1.94. The summed E-state index contributed by atoms with van der Waals surface area (Å²) >= 11 is 0. The summed E-state index contributed by atoms with van der Waals surface area (Å²) in [7, 11) is 0. The van der Waals surface area contributed by atoms with E-state index >= 15 is 0 Å². The number of likely N-dealkylation sites (tertiary alicyclic amines) is 1. The lowest BCUT2D eigenvalue weighted by molar-refractivity contribution is -0.130. The van der Waals surface area contributed by atoms with E-state index in [-0.39, 0.29) is 11.9 Å². The van der Waals surface area contributed by atoms with Crippen molar-refractivity contribution in [2.45, 2.75) is 58.2 Å². The van der Waals surface area contributed by atoms with Crippen molar-refractivity contribution in [3.8, 4) is 0 Å². The van der Waals surface area contributed by atoms with Crippen molar-refractivity contribution in [3.63, 3.8) is 0 Å². The van der Waals surface area contributed by atoms with Crippen molar-refractivity contribution >= 4 is 5.91 Å². The van der Waals surface area contributed by atoms with Gasteiger partial charge in [0.25, 0.3) is 0 Å². The molecule has 1 saturated heterocycles. The fraction of sp³-hybridized carbons (Fsp3) is 0.769. The Kier molecular flexibility index (Phi) is 5.00. The van der Waals surface area contributed by atoms with E-state index < -0.39 is 0 Å². The molecule has 3 nitrogen and oxygen atoms in total. The Balaban J connectivity index is 2.39. The van der Waals surface area contributed by atoms with Gasteiger partial charge in [0.1, 0.15) is 0 Å². The van der Waals surface area contributed by atoms with Gasteiger partial charge in [0.15, 0.2) is 0 Å². The van der Waals surface area contributed by atoms with Crippen LogP contribution in [0.4, 0.5) is 0 Å². The van der Waals surface area contributed by atoms with E-state index in [2.05, 4.69) is 32.7 Å². The highest BCUT2D eigenvalue weighted by atomic mass is 16.2. The molecule has 1 amide bonds. The fourth-order valence-electron chi connectivity index (χ4n) is 2.16. The number of nitrogens with one attached hydrogen (secondary N) is 1. The summed E-state index contributed by atoms with van der Waals surface area (Å²) in [5, 5.41) is 3.41. The van der Waals surface area contributed by atoms with Crippen LogP contribution in [0.1, 0.15) is 40.0 Å². The van der Waals surface area contributed by atoms with Gasteiger partial charge < -0.3 is 10.2 Å². The minimum atomic E-state index is 0.0298. The molecule has 0 bridgehead atoms. The average molecular weight is 224 g/mol. The lowest BCUT2D eigenvalue weighted by atomic mass is 10.1. The Morgan fingerprint density at radius 1 is 1.56 bits per heavy atom. The normalized spacial score (nSPS) is 22.9. The lowest BCUT2D eigenvalue weighted by Crippen LogP contribution is -2.44. The molecule has 92 valence electrons. The molecule has 0 aromatic heterocycles. The minimum absolute atomic E-state index is 0.0298. The van der Waals surface area contributed by atoms with Crippen LogP contribution >= 0.6 is 0 Å². The quantitative estimate of drug-likeness (QED) is 0.699. The number of nitrogens with zero attached hydrogens (tertiary/aromatic N) is 1. The van der Waals surface area contributed by atoms with Gasteiger partial charge in [0, 0.05) is 18.6 Å². The monoisotopic (exact) mass is 224 g/mol. The highest BCUT2D eigenvalue weighted by molar-refractivity contribution is 5.84. The first-order valence-corrected chi connectivity index (χ1v) is 6.23. The second kappa shape index (κ2) is 6.04. The Bertz CT molecular complexity index is 250. The first-order chi connectivity index (χ1) is 7.56. The molecule has 0 aliphatic carbocycles. The number of amides is 1. The van der Waals surface area contributed by atoms with E-state index in [1.165, 1.54) is 0 Å². The number of allylic oxidation sites excluding steroid dienone is 1. The van der Waals surface area contributed by atoms with Crippen LogP contribution in [0.25, 0.3) is 0 Å². The Morgan fingerprint density at radius 3 is 2.75 bits per heavy atom. The molecular formula is C13H24N2O. The zero-order valence-corrected chi connectivity index (χ0v) is 10.7. The van der Waals surface area contributed by atoms with Gasteiger partial charge in [-0.1, -0.05) is 6.08 Å². The van der Waals surface area contributed by atoms with Crippen LogP contribution in [-0.2, 0) is 4.79 Å². The van der Waals surface area contributed by atoms with Crippen LogP contribution in [0.3, 0.4) is 0 Å². The van der Waals surface area contributed by atoms with E-state index in [4.69, 9.17) is 0 Å². The average Bonchev–Trinajstić information content (AvgIpc) is 2.57. The number of carbonyl (C=O) groups is 1. The van der Waals surface area contributed by atoms with Crippen molar-refractivity contribution in [2.75, 3.05) is 6.54 Å². The second-order valence-corrected chi connectivity index (χ2v) is 4.90. The van der Waals surface area contributed by atoms with E-state index in [1.54, 1.807) is 0 Å². The largest absolute Gasteiger partial charge is 0.339 e. The molecule has 16 heavy (non-hydrogen) atoms. The maximum absolute atomic E-state index is 12.0. The molecule has 3 heteroatoms. The fourth-order valence-corrected chi connectivity index (χ4v) is 2.16. The van der Waals surface area contributed by atoms with E-state index in [9.17, 15) is 4.79 Å². The van der Waals surface area contributed by atoms with Gasteiger partial charge in [0.05, 0.1) is 6.04 Å². The van der Waals surface area contributed by atoms with E-state index in [1.807, 2.05) is 11.0 Å². The zero-order valence-electron chi connectivity index (χ0n) is 10.7. The van der Waals surface area contributed by atoms with Crippen LogP contribution in [0.15, 0.2) is 12.7 Å². The summed E-state index contributed by atoms with van der Waals surface area (Å²) in [6.07, 6.45) is 4.92. The molecule has 0 spiro atoms. The summed E-state index contributed by atoms with van der Waals surface area (Å²) < 4.78 is 0. The second-order valence-electron chi connectivity index (χ2n) is 4.90. The maximum Gasteiger partial charge on any atom is 0.240 e. The molecule has 1 fully saturated rings. The van der Waals surface area contributed by atoms with Crippen LogP contribution in [0, 0.1) is 0 Å². The Morgan fingerprint density at radius 2 is 2.25 bits per heavy atom. The van der Waals surface area contributed by atoms with E-state index in [0.717, 1.165) is 25.8 Å². The Hall–Kier alpha value is -0.830. The van der Waals surface area contributed by atoms with Crippen LogP contribution in [0.2, 0.25) is 0 Å². The summed E-state index contributed by atoms with van der Waals surface area (Å²) in [5.74, 6) is 0.264. The third-order valence-electron chi connectivity index (χ3n) is 3.15. The first kappa shape index (κ1) is 13.2. The maximum atomic E-state index is 12.0. The van der Waals surface area contributed by atoms with Crippen LogP contribution in [0.5, 0.6) is 0 Å². The summed E-state index contributed by atoms with van der Waals surface area (Å²) in [5.41, 5.74) is 0. The number of rotatable bonds is 6. The molecule has 1 N–H and O–H groups in total. The summed E-state index contributed by atoms with van der Waals surface area (Å²) in [6.45, 7) is 10.9. The van der Waals surface area contributed by atoms with Crippen LogP contribution < -0.4 is 5.32 Å². The minimum Gasteiger partial charge on any atom is -0.339 e. The predicted molar refractivity (Wildman–Crippen MR) is 67.3 cm³/mol. The Labute approximate surface area is 98.9 Å². The summed E-state index contributed by atoms with van der Waals surface area (Å²) in [6, 6.07) is 0.740. The lowest BCUT2D eigenvalue weighted by Gasteiger charge is -2.22. The molecule has 0 aromatic carbocycles. The third kappa shape index (κ3) is 3.34. The molecule has 1 aliphatic heterocycles. The van der Waals surface area contributed by atoms with Gasteiger partial charge in [0.2, 0.25) is 5.91 Å². The molecule has 0 unspecified atom stereocenters. The molecule has 1 aliphatic rings. The van der Waals surface area contributed by atoms with Crippen molar-refractivity contribution in [3.05, 3.63) is 12.7 Å². The SMILES string of the molecule is C=CCC[C@@H](C)N[C@H]1CCN(C(C)C)C1=O. The zero-order chi connectivity index (χ0) is 12.1. The highest BCUT2D eigenvalue weighted by Gasteiger charge is 2.33. The van der Waals surface area contributed by atoms with Crippen molar-refractivity contribution in [1.82, 2.24) is 10.2 Å². The third-order valence-corrected chi connectivity index (χ3v) is 3.15. The molecule has 1 heterocycles. The summed E-state index contributed by atoms with van der Waals surface area (Å²) in [4.78, 5) is 14.0. The smallest absolute Gasteiger partial charge is 0.240 e. The van der Waals surface area contributed by atoms with Gasteiger partial charge in [-0.25, -0.2) is 0 Å². The van der Waals surface area contributed by atoms with Gasteiger partial charge >= 0.3 is 0 Å². The first-order valence-electron chi connectivity index (χ1n) is 6.23. The molecule has 0 aromatic rings. The molecule has 2 atom stereocenters. The molecule has 0 radical (unpaired) electrons. The van der Waals surface area contributed by atoms with Gasteiger partial charge in [-0.2, -0.15) is 0 Å². The highest BCUT2D eigenvalue weighted by Crippen LogP contribution is 2.15. The standard InChI is InChI=1S/C13H24N2O/c1-5-6-7-11(4)14-12-8-9-15(10(2)3)13(12)16/h5,10-12,14H,1,6-9H2,2-4H3/t11-,12+/m1/s1. The van der Waals surface area contributed by atoms with Gasteiger partial charge in [-0.15, -0.1) is 6.58 Å². The van der Waals surface area contributed by atoms with Crippen molar-refractivity contribution < 1.29 is 4.79 Å². The number of carbonyl (C=O) groups excluding carboxylic acids is 1. The topological polar surface area (TPSA) is 32.3 Å². The van der Waals surface area contributed by atoms with Gasteiger partial charge in [-0.3, -0.25) is 4.79 Å². The molecular weight excluding hydrogens is 200 g/mol. The van der Waals surface area contributed by atoms with Crippen molar-refractivity contribution in [1.29, 1.82) is 0 Å².